The Morgan fingerprint density at radius 1 is 1.21 bits per heavy atom. The predicted octanol–water partition coefficient (Wildman–Crippen LogP) is 4.81. The lowest BCUT2D eigenvalue weighted by Gasteiger charge is -2.44. The van der Waals surface area contributed by atoms with Crippen molar-refractivity contribution in [1.29, 1.82) is 0 Å². The summed E-state index contributed by atoms with van der Waals surface area (Å²) in [5.74, 6) is -0.0247. The topological polar surface area (TPSA) is 66.7 Å². The lowest BCUT2D eigenvalue weighted by atomic mass is 9.95. The van der Waals surface area contributed by atoms with Gasteiger partial charge in [-0.05, 0) is 29.7 Å². The van der Waals surface area contributed by atoms with E-state index in [1.165, 1.54) is 12.1 Å². The van der Waals surface area contributed by atoms with Gasteiger partial charge in [0.1, 0.15) is 6.04 Å². The normalized spacial score (nSPS) is 16.3. The van der Waals surface area contributed by atoms with E-state index in [9.17, 15) is 14.9 Å². The number of hydrogen-bond acceptors (Lipinski definition) is 4. The summed E-state index contributed by atoms with van der Waals surface area (Å²) >= 11 is 5.97. The third-order valence-electron chi connectivity index (χ3n) is 4.84. The standard InChI is InChI=1S/C21H22ClN3O3/c1-4-11-23-18-10-9-17(25(27)28)12-19(18)24(21(26)20(23)14(2)3)13-15-5-7-16(22)8-6-15/h4-10,12,14,20H,1,11,13H2,2-3H3. The Labute approximate surface area is 169 Å². The van der Waals surface area contributed by atoms with Gasteiger partial charge in [0.15, 0.2) is 0 Å². The zero-order valence-corrected chi connectivity index (χ0v) is 16.6. The predicted molar refractivity (Wildman–Crippen MR) is 112 cm³/mol. The van der Waals surface area contributed by atoms with E-state index in [4.69, 9.17) is 11.6 Å². The summed E-state index contributed by atoms with van der Waals surface area (Å²) < 4.78 is 0. The first-order valence-corrected chi connectivity index (χ1v) is 9.43. The van der Waals surface area contributed by atoms with E-state index in [0.717, 1.165) is 11.3 Å². The summed E-state index contributed by atoms with van der Waals surface area (Å²) in [5, 5.41) is 11.9. The van der Waals surface area contributed by atoms with Gasteiger partial charge in [0, 0.05) is 23.7 Å². The van der Waals surface area contributed by atoms with E-state index in [0.29, 0.717) is 23.8 Å². The number of rotatable bonds is 6. The van der Waals surface area contributed by atoms with Crippen molar-refractivity contribution in [2.75, 3.05) is 16.3 Å². The number of nitro benzene ring substituents is 1. The fourth-order valence-electron chi connectivity index (χ4n) is 3.58. The number of benzene rings is 2. The molecule has 0 saturated heterocycles. The number of nitro groups is 1. The molecule has 7 heteroatoms. The van der Waals surface area contributed by atoms with Crippen LogP contribution in [0.25, 0.3) is 0 Å². The number of anilines is 2. The van der Waals surface area contributed by atoms with Gasteiger partial charge in [-0.1, -0.05) is 43.7 Å². The first-order valence-electron chi connectivity index (χ1n) is 9.05. The van der Waals surface area contributed by atoms with E-state index in [-0.39, 0.29) is 23.6 Å². The van der Waals surface area contributed by atoms with Crippen molar-refractivity contribution in [2.45, 2.75) is 26.4 Å². The maximum Gasteiger partial charge on any atom is 0.271 e. The Morgan fingerprint density at radius 2 is 1.89 bits per heavy atom. The quantitative estimate of drug-likeness (QED) is 0.397. The highest BCUT2D eigenvalue weighted by Crippen LogP contribution is 2.41. The number of carbonyl (C=O) groups excluding carboxylic acids is 1. The number of fused-ring (bicyclic) bond motifs is 1. The Balaban J connectivity index is 2.13. The third kappa shape index (κ3) is 3.73. The number of non-ortho nitro benzene ring substituents is 1. The number of halogens is 1. The van der Waals surface area contributed by atoms with Crippen molar-refractivity contribution in [3.8, 4) is 0 Å². The highest BCUT2D eigenvalue weighted by atomic mass is 35.5. The lowest BCUT2D eigenvalue weighted by molar-refractivity contribution is -0.384. The molecule has 3 rings (SSSR count). The van der Waals surface area contributed by atoms with Crippen LogP contribution in [0.1, 0.15) is 19.4 Å². The first kappa shape index (κ1) is 19.9. The smallest absolute Gasteiger partial charge is 0.271 e. The van der Waals surface area contributed by atoms with Gasteiger partial charge in [-0.15, -0.1) is 6.58 Å². The number of hydrogen-bond donors (Lipinski definition) is 0. The Morgan fingerprint density at radius 3 is 2.46 bits per heavy atom. The largest absolute Gasteiger partial charge is 0.354 e. The molecule has 1 amide bonds. The van der Waals surface area contributed by atoms with Crippen molar-refractivity contribution < 1.29 is 9.72 Å². The Kier molecular flexibility index (Phi) is 5.70. The molecule has 1 aliphatic rings. The van der Waals surface area contributed by atoms with Gasteiger partial charge < -0.3 is 9.80 Å². The van der Waals surface area contributed by atoms with Gasteiger partial charge in [0.2, 0.25) is 5.91 Å². The molecule has 0 fully saturated rings. The molecule has 1 heterocycles. The van der Waals surface area contributed by atoms with Crippen molar-refractivity contribution >= 4 is 34.6 Å². The van der Waals surface area contributed by atoms with Crippen LogP contribution in [0.3, 0.4) is 0 Å². The number of amides is 1. The van der Waals surface area contributed by atoms with Gasteiger partial charge in [-0.2, -0.15) is 0 Å². The SMILES string of the molecule is C=CCN1c2ccc([N+](=O)[O-])cc2N(Cc2ccc(Cl)cc2)C(=O)C1C(C)C. The molecule has 6 nitrogen and oxygen atoms in total. The van der Waals surface area contributed by atoms with Crippen molar-refractivity contribution in [3.63, 3.8) is 0 Å². The summed E-state index contributed by atoms with van der Waals surface area (Å²) in [6.45, 7) is 8.59. The van der Waals surface area contributed by atoms with E-state index in [1.807, 2.05) is 30.9 Å². The molecule has 1 aliphatic heterocycles. The first-order chi connectivity index (χ1) is 13.3. The summed E-state index contributed by atoms with van der Waals surface area (Å²) in [4.78, 5) is 27.9. The van der Waals surface area contributed by atoms with E-state index < -0.39 is 4.92 Å². The van der Waals surface area contributed by atoms with Gasteiger partial charge in [0.25, 0.3) is 5.69 Å². The van der Waals surface area contributed by atoms with Gasteiger partial charge >= 0.3 is 0 Å². The van der Waals surface area contributed by atoms with Crippen molar-refractivity contribution in [1.82, 2.24) is 0 Å². The highest BCUT2D eigenvalue weighted by Gasteiger charge is 2.40. The van der Waals surface area contributed by atoms with Crippen LogP contribution in [0, 0.1) is 16.0 Å². The van der Waals surface area contributed by atoms with E-state index >= 15 is 0 Å². The van der Waals surface area contributed by atoms with Crippen LogP contribution in [-0.2, 0) is 11.3 Å². The van der Waals surface area contributed by atoms with Crippen LogP contribution >= 0.6 is 11.6 Å². The van der Waals surface area contributed by atoms with Crippen LogP contribution in [0.5, 0.6) is 0 Å². The second kappa shape index (κ2) is 8.02. The molecule has 0 spiro atoms. The summed E-state index contributed by atoms with van der Waals surface area (Å²) in [6, 6.07) is 11.5. The molecule has 28 heavy (non-hydrogen) atoms. The second-order valence-corrected chi connectivity index (χ2v) is 7.55. The number of carbonyl (C=O) groups is 1. The van der Waals surface area contributed by atoms with E-state index in [2.05, 4.69) is 6.58 Å². The molecule has 0 saturated carbocycles. The fourth-order valence-corrected chi connectivity index (χ4v) is 3.70. The fraction of sp³-hybridized carbons (Fsp3) is 0.286. The summed E-state index contributed by atoms with van der Waals surface area (Å²) in [6.07, 6.45) is 1.74. The minimum atomic E-state index is -0.447. The van der Waals surface area contributed by atoms with Crippen LogP contribution in [-0.4, -0.2) is 23.4 Å². The van der Waals surface area contributed by atoms with Crippen LogP contribution in [0.15, 0.2) is 55.1 Å². The van der Waals surface area contributed by atoms with Gasteiger partial charge in [-0.3, -0.25) is 14.9 Å². The second-order valence-electron chi connectivity index (χ2n) is 7.11. The zero-order valence-electron chi connectivity index (χ0n) is 15.8. The minimum absolute atomic E-state index is 0.0470. The van der Waals surface area contributed by atoms with Crippen LogP contribution < -0.4 is 9.80 Å². The number of nitrogens with zero attached hydrogens (tertiary/aromatic N) is 3. The third-order valence-corrected chi connectivity index (χ3v) is 5.09. The van der Waals surface area contributed by atoms with Crippen molar-refractivity contribution in [3.05, 3.63) is 75.8 Å². The monoisotopic (exact) mass is 399 g/mol. The summed E-state index contributed by atoms with van der Waals surface area (Å²) in [5.41, 5.74) is 2.18. The average Bonchev–Trinajstić information content (AvgIpc) is 2.65. The van der Waals surface area contributed by atoms with Gasteiger partial charge in [-0.25, -0.2) is 0 Å². The molecule has 1 unspecified atom stereocenters. The molecule has 0 N–H and O–H groups in total. The van der Waals surface area contributed by atoms with Crippen LogP contribution in [0.2, 0.25) is 5.02 Å². The molecule has 2 aromatic carbocycles. The Hall–Kier alpha value is -2.86. The molecule has 0 aromatic heterocycles. The molecule has 2 aromatic rings. The van der Waals surface area contributed by atoms with Crippen molar-refractivity contribution in [2.24, 2.45) is 5.92 Å². The molecular weight excluding hydrogens is 378 g/mol. The minimum Gasteiger partial charge on any atom is -0.354 e. The van der Waals surface area contributed by atoms with Gasteiger partial charge in [0.05, 0.1) is 22.8 Å². The highest BCUT2D eigenvalue weighted by molar-refractivity contribution is 6.30. The zero-order chi connectivity index (χ0) is 20.4. The average molecular weight is 400 g/mol. The Bertz CT molecular complexity index is 912. The molecular formula is C21H22ClN3O3. The van der Waals surface area contributed by atoms with E-state index in [1.54, 1.807) is 29.2 Å². The van der Waals surface area contributed by atoms with Crippen LogP contribution in [0.4, 0.5) is 17.1 Å². The molecule has 1 atom stereocenters. The molecule has 0 bridgehead atoms. The maximum absolute atomic E-state index is 13.4. The molecule has 146 valence electrons. The lowest BCUT2D eigenvalue weighted by Crippen LogP contribution is -2.55. The summed E-state index contributed by atoms with van der Waals surface area (Å²) in [7, 11) is 0. The maximum atomic E-state index is 13.4. The molecule has 0 radical (unpaired) electrons. The molecule has 0 aliphatic carbocycles.